The van der Waals surface area contributed by atoms with E-state index in [0.717, 1.165) is 18.4 Å². The summed E-state index contributed by atoms with van der Waals surface area (Å²) >= 11 is 0. The Kier molecular flexibility index (Phi) is 2.43. The molecule has 0 spiro atoms. The van der Waals surface area contributed by atoms with Crippen molar-refractivity contribution in [2.75, 3.05) is 0 Å². The number of halogens is 1. The van der Waals surface area contributed by atoms with Gasteiger partial charge in [-0.1, -0.05) is 6.07 Å². The summed E-state index contributed by atoms with van der Waals surface area (Å²) in [4.78, 5) is 0. The molecule has 1 aromatic carbocycles. The summed E-state index contributed by atoms with van der Waals surface area (Å²) in [5.41, 5.74) is 6.57. The lowest BCUT2D eigenvalue weighted by Gasteiger charge is -2.13. The van der Waals surface area contributed by atoms with E-state index in [1.165, 1.54) is 6.07 Å². The van der Waals surface area contributed by atoms with Crippen molar-refractivity contribution in [2.24, 2.45) is 5.73 Å². The van der Waals surface area contributed by atoms with E-state index < -0.39 is 0 Å². The summed E-state index contributed by atoms with van der Waals surface area (Å²) in [6, 6.07) is 5.01. The van der Waals surface area contributed by atoms with Crippen LogP contribution in [0.25, 0.3) is 0 Å². The molecular formula is C12H16FNO. The second kappa shape index (κ2) is 3.49. The zero-order valence-electron chi connectivity index (χ0n) is 9.09. The third-order valence-electron chi connectivity index (χ3n) is 2.66. The maximum Gasteiger partial charge on any atom is 0.165 e. The van der Waals surface area contributed by atoms with Crippen molar-refractivity contribution < 1.29 is 9.13 Å². The fraction of sp³-hybridized carbons (Fsp3) is 0.500. The molecule has 0 unspecified atom stereocenters. The van der Waals surface area contributed by atoms with Crippen LogP contribution in [-0.4, -0.2) is 6.10 Å². The molecule has 2 N–H and O–H groups in total. The zero-order valence-corrected chi connectivity index (χ0v) is 9.09. The molecule has 2 nitrogen and oxygen atoms in total. The molecular weight excluding hydrogens is 193 g/mol. The molecule has 0 radical (unpaired) electrons. The normalized spacial score (nSPS) is 17.9. The van der Waals surface area contributed by atoms with Gasteiger partial charge in [0.1, 0.15) is 0 Å². The minimum atomic E-state index is -0.321. The SMILES string of the molecule is CC(C)Oc1ccc(C2(N)CC2)cc1F. The molecule has 15 heavy (non-hydrogen) atoms. The Morgan fingerprint density at radius 3 is 2.53 bits per heavy atom. The fourth-order valence-electron chi connectivity index (χ4n) is 1.58. The van der Waals surface area contributed by atoms with Crippen LogP contribution < -0.4 is 10.5 Å². The van der Waals surface area contributed by atoms with Crippen LogP contribution in [-0.2, 0) is 5.54 Å². The van der Waals surface area contributed by atoms with Crippen LogP contribution in [0.1, 0.15) is 32.3 Å². The predicted octanol–water partition coefficient (Wildman–Crippen LogP) is 2.56. The van der Waals surface area contributed by atoms with Crippen LogP contribution in [0.2, 0.25) is 0 Å². The van der Waals surface area contributed by atoms with E-state index in [1.807, 2.05) is 19.9 Å². The molecule has 0 aliphatic heterocycles. The summed E-state index contributed by atoms with van der Waals surface area (Å²) in [5.74, 6) is -0.0177. The Hall–Kier alpha value is -1.09. The van der Waals surface area contributed by atoms with Crippen LogP contribution in [0.3, 0.4) is 0 Å². The number of benzene rings is 1. The van der Waals surface area contributed by atoms with Gasteiger partial charge in [0.2, 0.25) is 0 Å². The van der Waals surface area contributed by atoms with E-state index in [0.29, 0.717) is 5.75 Å². The molecule has 0 atom stereocenters. The second-order valence-corrected chi connectivity index (χ2v) is 4.47. The number of hydrogen-bond donors (Lipinski definition) is 1. The van der Waals surface area contributed by atoms with Gasteiger partial charge in [0.05, 0.1) is 6.10 Å². The van der Waals surface area contributed by atoms with Gasteiger partial charge in [-0.2, -0.15) is 0 Å². The van der Waals surface area contributed by atoms with Gasteiger partial charge in [-0.05, 0) is 44.4 Å². The molecule has 1 aliphatic rings. The molecule has 1 fully saturated rings. The third-order valence-corrected chi connectivity index (χ3v) is 2.66. The quantitative estimate of drug-likeness (QED) is 0.830. The van der Waals surface area contributed by atoms with E-state index >= 15 is 0 Å². The van der Waals surface area contributed by atoms with Crippen LogP contribution in [0.4, 0.5) is 4.39 Å². The molecule has 0 saturated heterocycles. The number of rotatable bonds is 3. The van der Waals surface area contributed by atoms with E-state index in [1.54, 1.807) is 6.07 Å². The summed E-state index contributed by atoms with van der Waals surface area (Å²) in [7, 11) is 0. The molecule has 0 bridgehead atoms. The van der Waals surface area contributed by atoms with Gasteiger partial charge in [-0.3, -0.25) is 0 Å². The van der Waals surface area contributed by atoms with E-state index in [2.05, 4.69) is 0 Å². The molecule has 0 amide bonds. The van der Waals surface area contributed by atoms with Crippen molar-refractivity contribution in [3.63, 3.8) is 0 Å². The minimum absolute atomic E-state index is 0.0156. The van der Waals surface area contributed by atoms with Crippen molar-refractivity contribution in [3.05, 3.63) is 29.6 Å². The lowest BCUT2D eigenvalue weighted by Crippen LogP contribution is -2.19. The maximum atomic E-state index is 13.6. The number of nitrogens with two attached hydrogens (primary N) is 1. The number of hydrogen-bond acceptors (Lipinski definition) is 2. The highest BCUT2D eigenvalue weighted by molar-refractivity contribution is 5.36. The van der Waals surface area contributed by atoms with Gasteiger partial charge in [-0.25, -0.2) is 4.39 Å². The first-order chi connectivity index (χ1) is 7.01. The van der Waals surface area contributed by atoms with Gasteiger partial charge < -0.3 is 10.5 Å². The first kappa shape index (κ1) is 10.4. The standard InChI is InChI=1S/C12H16FNO/c1-8(2)15-11-4-3-9(7-10(11)13)12(14)5-6-12/h3-4,7-8H,5-6,14H2,1-2H3. The molecule has 3 heteroatoms. The Morgan fingerprint density at radius 1 is 1.40 bits per heavy atom. The molecule has 0 heterocycles. The Balaban J connectivity index is 2.23. The van der Waals surface area contributed by atoms with Crippen molar-refractivity contribution in [2.45, 2.75) is 38.3 Å². The topological polar surface area (TPSA) is 35.2 Å². The van der Waals surface area contributed by atoms with Crippen molar-refractivity contribution in [1.82, 2.24) is 0 Å². The summed E-state index contributed by atoms with van der Waals surface area (Å²) in [5, 5.41) is 0. The van der Waals surface area contributed by atoms with Gasteiger partial charge in [0.15, 0.2) is 11.6 Å². The van der Waals surface area contributed by atoms with Gasteiger partial charge in [0, 0.05) is 5.54 Å². The van der Waals surface area contributed by atoms with Crippen LogP contribution >= 0.6 is 0 Å². The first-order valence-corrected chi connectivity index (χ1v) is 5.27. The highest BCUT2D eigenvalue weighted by Crippen LogP contribution is 2.43. The molecule has 2 rings (SSSR count). The Morgan fingerprint density at radius 2 is 2.07 bits per heavy atom. The molecule has 1 aliphatic carbocycles. The summed E-state index contributed by atoms with van der Waals surface area (Å²) in [6.45, 7) is 3.75. The fourth-order valence-corrected chi connectivity index (χ4v) is 1.58. The maximum absolute atomic E-state index is 13.6. The highest BCUT2D eigenvalue weighted by Gasteiger charge is 2.40. The molecule has 1 saturated carbocycles. The predicted molar refractivity (Wildman–Crippen MR) is 57.3 cm³/mol. The lowest BCUT2D eigenvalue weighted by atomic mass is 10.1. The Bertz CT molecular complexity index is 372. The van der Waals surface area contributed by atoms with Crippen LogP contribution in [0.15, 0.2) is 18.2 Å². The molecule has 0 aromatic heterocycles. The Labute approximate surface area is 89.2 Å². The smallest absolute Gasteiger partial charge is 0.165 e. The average Bonchev–Trinajstić information content (AvgIpc) is 2.88. The number of ether oxygens (including phenoxy) is 1. The van der Waals surface area contributed by atoms with E-state index in [4.69, 9.17) is 10.5 Å². The summed E-state index contributed by atoms with van der Waals surface area (Å²) < 4.78 is 18.9. The van der Waals surface area contributed by atoms with Gasteiger partial charge in [0.25, 0.3) is 0 Å². The van der Waals surface area contributed by atoms with Crippen molar-refractivity contribution in [1.29, 1.82) is 0 Å². The average molecular weight is 209 g/mol. The second-order valence-electron chi connectivity index (χ2n) is 4.47. The van der Waals surface area contributed by atoms with Crippen molar-refractivity contribution in [3.8, 4) is 5.75 Å². The third kappa shape index (κ3) is 2.12. The lowest BCUT2D eigenvalue weighted by molar-refractivity contribution is 0.231. The first-order valence-electron chi connectivity index (χ1n) is 5.27. The zero-order chi connectivity index (χ0) is 11.1. The van der Waals surface area contributed by atoms with Crippen LogP contribution in [0.5, 0.6) is 5.75 Å². The van der Waals surface area contributed by atoms with E-state index in [9.17, 15) is 4.39 Å². The van der Waals surface area contributed by atoms with Gasteiger partial charge in [-0.15, -0.1) is 0 Å². The minimum Gasteiger partial charge on any atom is -0.488 e. The van der Waals surface area contributed by atoms with Crippen LogP contribution in [0, 0.1) is 5.82 Å². The molecule has 1 aromatic rings. The van der Waals surface area contributed by atoms with E-state index in [-0.39, 0.29) is 17.5 Å². The summed E-state index contributed by atoms with van der Waals surface area (Å²) in [6.07, 6.45) is 1.87. The highest BCUT2D eigenvalue weighted by atomic mass is 19.1. The van der Waals surface area contributed by atoms with Gasteiger partial charge >= 0.3 is 0 Å². The van der Waals surface area contributed by atoms with Crippen molar-refractivity contribution >= 4 is 0 Å². The monoisotopic (exact) mass is 209 g/mol. The molecule has 82 valence electrons. The largest absolute Gasteiger partial charge is 0.488 e.